The van der Waals surface area contributed by atoms with Crippen molar-refractivity contribution < 1.29 is 37.7 Å². The van der Waals surface area contributed by atoms with Crippen LogP contribution in [0.3, 0.4) is 0 Å². The van der Waals surface area contributed by atoms with Crippen molar-refractivity contribution in [1.29, 1.82) is 0 Å². The van der Waals surface area contributed by atoms with Gasteiger partial charge in [-0.25, -0.2) is 19.6 Å². The molecule has 10 nitrogen and oxygen atoms in total. The average molecular weight is 620 g/mol. The number of carboxylic acid groups (broad SMARTS) is 2. The Labute approximate surface area is 254 Å². The predicted octanol–water partition coefficient (Wildman–Crippen LogP) is 5.77. The molecule has 2 aliphatic rings. The average Bonchev–Trinajstić information content (AvgIpc) is 3.39. The number of pyridine rings is 1. The molecule has 5 aromatic rings. The Bertz CT molecular complexity index is 1860. The van der Waals surface area contributed by atoms with Crippen LogP contribution in [0.25, 0.3) is 27.8 Å². The highest BCUT2D eigenvalue weighted by Gasteiger charge is 2.38. The van der Waals surface area contributed by atoms with Gasteiger partial charge in [0, 0.05) is 54.0 Å². The molecule has 7 rings (SSSR count). The maximum atomic E-state index is 11.5. The lowest BCUT2D eigenvalue weighted by Gasteiger charge is -2.34. The number of aliphatic carboxylic acids is 1. The second-order valence-corrected chi connectivity index (χ2v) is 10.9. The van der Waals surface area contributed by atoms with Crippen molar-refractivity contribution in [2.24, 2.45) is 0 Å². The van der Waals surface area contributed by atoms with Gasteiger partial charge in [0.05, 0.1) is 35.7 Å². The quantitative estimate of drug-likeness (QED) is 0.252. The van der Waals surface area contributed by atoms with Crippen molar-refractivity contribution in [3.8, 4) is 11.3 Å². The van der Waals surface area contributed by atoms with Gasteiger partial charge in [-0.1, -0.05) is 36.4 Å². The standard InChI is InChI=1S/C30H27N5O3.C2HF3O2/c36-30(37)21-7-5-20(6-8-21)27-26(33-29-28(31-11-12-35(27)29)34-13-15-38-16-14-34)23-17-22(18-23)25-10-9-19-3-1-2-4-24(19)32-25;3-2(4,5)1(6)7/h1-12,22-23H,13-18H2,(H,36,37);(H,6,7). The number of aromatic carboxylic acids is 1. The van der Waals surface area contributed by atoms with Crippen LogP contribution < -0.4 is 4.90 Å². The monoisotopic (exact) mass is 619 g/mol. The number of imidazole rings is 1. The van der Waals surface area contributed by atoms with E-state index in [9.17, 15) is 23.1 Å². The van der Waals surface area contributed by atoms with Crippen LogP contribution in [0.1, 0.15) is 46.4 Å². The van der Waals surface area contributed by atoms with E-state index in [2.05, 4.69) is 33.6 Å². The van der Waals surface area contributed by atoms with Crippen molar-refractivity contribution in [2.75, 3.05) is 31.2 Å². The number of fused-ring (bicyclic) bond motifs is 2. The van der Waals surface area contributed by atoms with Gasteiger partial charge in [-0.3, -0.25) is 9.38 Å². The molecule has 232 valence electrons. The Morgan fingerprint density at radius 3 is 2.24 bits per heavy atom. The lowest BCUT2D eigenvalue weighted by Crippen LogP contribution is -2.37. The molecule has 1 aliphatic heterocycles. The van der Waals surface area contributed by atoms with E-state index in [-0.39, 0.29) is 11.5 Å². The van der Waals surface area contributed by atoms with Gasteiger partial charge in [0.15, 0.2) is 11.5 Å². The fourth-order valence-electron chi connectivity index (χ4n) is 5.71. The molecule has 1 saturated heterocycles. The molecule has 0 spiro atoms. The van der Waals surface area contributed by atoms with Crippen LogP contribution in [0.2, 0.25) is 0 Å². The summed E-state index contributed by atoms with van der Waals surface area (Å²) in [6, 6.07) is 19.6. The number of aromatic nitrogens is 4. The van der Waals surface area contributed by atoms with E-state index in [1.165, 1.54) is 0 Å². The van der Waals surface area contributed by atoms with Crippen molar-refractivity contribution in [3.63, 3.8) is 0 Å². The van der Waals surface area contributed by atoms with Crippen LogP contribution >= 0.6 is 0 Å². The molecule has 45 heavy (non-hydrogen) atoms. The van der Waals surface area contributed by atoms with E-state index in [0.29, 0.717) is 19.1 Å². The number of alkyl halides is 3. The minimum atomic E-state index is -5.08. The van der Waals surface area contributed by atoms with Crippen LogP contribution in [0.5, 0.6) is 0 Å². The molecule has 0 atom stereocenters. The number of anilines is 1. The number of nitrogens with zero attached hydrogens (tertiary/aromatic N) is 5. The maximum absolute atomic E-state index is 11.5. The van der Waals surface area contributed by atoms with E-state index in [1.807, 2.05) is 36.7 Å². The lowest BCUT2D eigenvalue weighted by atomic mass is 9.71. The molecule has 2 fully saturated rings. The second-order valence-electron chi connectivity index (χ2n) is 10.9. The Kier molecular flexibility index (Phi) is 8.11. The molecular weight excluding hydrogens is 591 g/mol. The number of carbonyl (C=O) groups is 2. The van der Waals surface area contributed by atoms with E-state index < -0.39 is 18.1 Å². The van der Waals surface area contributed by atoms with Gasteiger partial charge in [0.2, 0.25) is 0 Å². The zero-order valence-corrected chi connectivity index (χ0v) is 23.8. The molecule has 3 aromatic heterocycles. The van der Waals surface area contributed by atoms with E-state index in [0.717, 1.165) is 70.9 Å². The van der Waals surface area contributed by atoms with Crippen LogP contribution in [0.4, 0.5) is 19.0 Å². The van der Waals surface area contributed by atoms with Crippen LogP contribution in [0, 0.1) is 0 Å². The van der Waals surface area contributed by atoms with Gasteiger partial charge >= 0.3 is 18.1 Å². The Hall–Kier alpha value is -5.04. The number of halogens is 3. The molecule has 2 N–H and O–H groups in total. The van der Waals surface area contributed by atoms with E-state index in [4.69, 9.17) is 29.6 Å². The highest BCUT2D eigenvalue weighted by atomic mass is 19.4. The minimum absolute atomic E-state index is 0.269. The first-order valence-electron chi connectivity index (χ1n) is 14.3. The van der Waals surface area contributed by atoms with Gasteiger partial charge in [-0.05, 0) is 37.1 Å². The molecule has 0 amide bonds. The third-order valence-corrected chi connectivity index (χ3v) is 8.07. The summed E-state index contributed by atoms with van der Waals surface area (Å²) in [5.41, 5.74) is 6.24. The maximum Gasteiger partial charge on any atom is 0.490 e. The van der Waals surface area contributed by atoms with Crippen LogP contribution in [-0.4, -0.2) is 74.0 Å². The predicted molar refractivity (Wildman–Crippen MR) is 159 cm³/mol. The van der Waals surface area contributed by atoms with Crippen molar-refractivity contribution in [3.05, 3.63) is 90.0 Å². The van der Waals surface area contributed by atoms with Gasteiger partial charge in [-0.15, -0.1) is 0 Å². The topological polar surface area (TPSA) is 130 Å². The summed E-state index contributed by atoms with van der Waals surface area (Å²) in [4.78, 5) is 37.4. The van der Waals surface area contributed by atoms with E-state index >= 15 is 0 Å². The first-order valence-corrected chi connectivity index (χ1v) is 14.3. The molecule has 2 aromatic carbocycles. The zero-order chi connectivity index (χ0) is 31.7. The summed E-state index contributed by atoms with van der Waals surface area (Å²) in [6.45, 7) is 2.89. The zero-order valence-electron chi connectivity index (χ0n) is 23.8. The highest BCUT2D eigenvalue weighted by Crippen LogP contribution is 2.49. The van der Waals surface area contributed by atoms with Gasteiger partial charge in [0.25, 0.3) is 0 Å². The summed E-state index contributed by atoms with van der Waals surface area (Å²) in [7, 11) is 0. The fourth-order valence-corrected chi connectivity index (χ4v) is 5.71. The number of para-hydroxylation sites is 1. The number of rotatable bonds is 5. The lowest BCUT2D eigenvalue weighted by molar-refractivity contribution is -0.192. The number of hydrogen-bond donors (Lipinski definition) is 2. The Balaban J connectivity index is 0.000000460. The largest absolute Gasteiger partial charge is 0.490 e. The molecule has 0 radical (unpaired) electrons. The summed E-state index contributed by atoms with van der Waals surface area (Å²) in [6.07, 6.45) is 0.629. The molecule has 1 aliphatic carbocycles. The summed E-state index contributed by atoms with van der Waals surface area (Å²) >= 11 is 0. The first kappa shape index (κ1) is 30.0. The smallest absolute Gasteiger partial charge is 0.478 e. The molecular formula is C32H28F3N5O5. The van der Waals surface area contributed by atoms with Crippen molar-refractivity contribution >= 4 is 34.3 Å². The molecule has 1 saturated carbocycles. The van der Waals surface area contributed by atoms with Gasteiger partial charge < -0.3 is 19.8 Å². The summed E-state index contributed by atoms with van der Waals surface area (Å²) < 4.78 is 39.4. The minimum Gasteiger partial charge on any atom is -0.478 e. The van der Waals surface area contributed by atoms with Crippen LogP contribution in [-0.2, 0) is 9.53 Å². The SMILES string of the molecule is O=C(O)C(F)(F)F.O=C(O)c1ccc(-c2c(C3CC(c4ccc5ccccc5n4)C3)nc3c(N4CCOCC4)nccn23)cc1. The Morgan fingerprint density at radius 2 is 1.58 bits per heavy atom. The number of hydrogen-bond acceptors (Lipinski definition) is 7. The van der Waals surface area contributed by atoms with Crippen molar-refractivity contribution in [2.45, 2.75) is 30.9 Å². The first-order chi connectivity index (χ1) is 21.6. The van der Waals surface area contributed by atoms with Crippen molar-refractivity contribution in [1.82, 2.24) is 19.4 Å². The number of ether oxygens (including phenoxy) is 1. The molecule has 0 unspecified atom stereocenters. The third kappa shape index (κ3) is 6.16. The molecule has 13 heteroatoms. The van der Waals surface area contributed by atoms with Gasteiger partial charge in [0.1, 0.15) is 0 Å². The third-order valence-electron chi connectivity index (χ3n) is 8.07. The number of morpholine rings is 1. The highest BCUT2D eigenvalue weighted by molar-refractivity contribution is 5.88. The number of benzene rings is 2. The van der Waals surface area contributed by atoms with Gasteiger partial charge in [-0.2, -0.15) is 13.2 Å². The van der Waals surface area contributed by atoms with Crippen LogP contribution in [0.15, 0.2) is 73.1 Å². The van der Waals surface area contributed by atoms with E-state index in [1.54, 1.807) is 12.1 Å². The fraction of sp³-hybridized carbons (Fsp3) is 0.281. The Morgan fingerprint density at radius 1 is 0.889 bits per heavy atom. The molecule has 4 heterocycles. The molecule has 0 bridgehead atoms. The normalized spacial score (nSPS) is 18.2. The summed E-state index contributed by atoms with van der Waals surface area (Å²) in [5, 5.41) is 17.7. The second kappa shape index (κ2) is 12.2. The summed E-state index contributed by atoms with van der Waals surface area (Å²) in [5.74, 6) is -2.17. The number of carboxylic acids is 2.